The highest BCUT2D eigenvalue weighted by Gasteiger charge is 2.35. The Morgan fingerprint density at radius 2 is 2.19 bits per heavy atom. The number of aliphatic hydroxyl groups is 1. The van der Waals surface area contributed by atoms with E-state index in [1.807, 2.05) is 6.07 Å². The maximum absolute atomic E-state index is 13.7. The van der Waals surface area contributed by atoms with Crippen molar-refractivity contribution < 1.29 is 9.50 Å². The number of aromatic nitrogens is 1. The summed E-state index contributed by atoms with van der Waals surface area (Å²) >= 11 is 3.38. The number of piperidine rings is 1. The van der Waals surface area contributed by atoms with Gasteiger partial charge in [-0.25, -0.2) is 4.39 Å². The lowest BCUT2D eigenvalue weighted by atomic mass is 9.81. The first kappa shape index (κ1) is 14.7. The largest absolute Gasteiger partial charge is 0.392 e. The Morgan fingerprint density at radius 1 is 1.43 bits per heavy atom. The number of hydrogen-bond donors (Lipinski definition) is 1. The van der Waals surface area contributed by atoms with Crippen molar-refractivity contribution in [3.8, 4) is 0 Å². The highest BCUT2D eigenvalue weighted by atomic mass is 79.9. The number of benzene rings is 1. The third kappa shape index (κ3) is 2.64. The van der Waals surface area contributed by atoms with Gasteiger partial charge < -0.3 is 10.0 Å². The SMILES string of the molecule is CC1(C)CN(c2ccnc3c(Br)cc(F)cc23)CCC1O. The van der Waals surface area contributed by atoms with Crippen LogP contribution in [0, 0.1) is 11.2 Å². The molecule has 1 saturated heterocycles. The molecule has 1 aromatic carbocycles. The summed E-state index contributed by atoms with van der Waals surface area (Å²) in [5.74, 6) is -0.278. The Kier molecular flexibility index (Phi) is 3.66. The minimum atomic E-state index is -0.301. The molecule has 1 fully saturated rings. The van der Waals surface area contributed by atoms with Crippen LogP contribution < -0.4 is 4.90 Å². The van der Waals surface area contributed by atoms with E-state index in [0.29, 0.717) is 10.9 Å². The van der Waals surface area contributed by atoms with E-state index >= 15 is 0 Å². The average Bonchev–Trinajstić information content (AvgIpc) is 2.41. The first-order valence-electron chi connectivity index (χ1n) is 7.05. The molecule has 0 amide bonds. The van der Waals surface area contributed by atoms with E-state index in [2.05, 4.69) is 39.7 Å². The molecule has 0 radical (unpaired) electrons. The minimum Gasteiger partial charge on any atom is -0.392 e. The van der Waals surface area contributed by atoms with E-state index in [9.17, 15) is 9.50 Å². The third-order valence-corrected chi connectivity index (χ3v) is 4.86. The van der Waals surface area contributed by atoms with Crippen molar-refractivity contribution in [1.29, 1.82) is 0 Å². The molecule has 21 heavy (non-hydrogen) atoms. The maximum atomic E-state index is 13.7. The van der Waals surface area contributed by atoms with Crippen molar-refractivity contribution in [3.63, 3.8) is 0 Å². The van der Waals surface area contributed by atoms with Crippen LogP contribution in [0.2, 0.25) is 0 Å². The van der Waals surface area contributed by atoms with Crippen LogP contribution >= 0.6 is 15.9 Å². The van der Waals surface area contributed by atoms with Crippen molar-refractivity contribution in [2.45, 2.75) is 26.4 Å². The summed E-state index contributed by atoms with van der Waals surface area (Å²) in [6.07, 6.45) is 2.16. The molecule has 0 aliphatic carbocycles. The summed E-state index contributed by atoms with van der Waals surface area (Å²) < 4.78 is 14.4. The Balaban J connectivity index is 2.09. The number of fused-ring (bicyclic) bond motifs is 1. The summed E-state index contributed by atoms with van der Waals surface area (Å²) in [6.45, 7) is 5.62. The number of halogens is 2. The van der Waals surface area contributed by atoms with E-state index in [4.69, 9.17) is 0 Å². The summed E-state index contributed by atoms with van der Waals surface area (Å²) in [5, 5.41) is 10.9. The van der Waals surface area contributed by atoms with Gasteiger partial charge in [0.2, 0.25) is 0 Å². The second-order valence-electron chi connectivity index (χ2n) is 6.33. The van der Waals surface area contributed by atoms with Gasteiger partial charge in [-0.1, -0.05) is 13.8 Å². The summed E-state index contributed by atoms with van der Waals surface area (Å²) in [5.41, 5.74) is 1.55. The third-order valence-electron chi connectivity index (χ3n) is 4.25. The van der Waals surface area contributed by atoms with Gasteiger partial charge in [-0.05, 0) is 40.5 Å². The van der Waals surface area contributed by atoms with Gasteiger partial charge in [0.1, 0.15) is 5.82 Å². The number of nitrogens with zero attached hydrogens (tertiary/aromatic N) is 2. The van der Waals surface area contributed by atoms with Crippen LogP contribution in [0.1, 0.15) is 20.3 Å². The quantitative estimate of drug-likeness (QED) is 0.849. The Hall–Kier alpha value is -1.20. The molecule has 1 atom stereocenters. The highest BCUT2D eigenvalue weighted by molar-refractivity contribution is 9.10. The smallest absolute Gasteiger partial charge is 0.125 e. The highest BCUT2D eigenvalue weighted by Crippen LogP contribution is 2.36. The number of rotatable bonds is 1. The minimum absolute atomic E-state index is 0.182. The second kappa shape index (κ2) is 5.21. The van der Waals surface area contributed by atoms with Gasteiger partial charge >= 0.3 is 0 Å². The molecule has 0 bridgehead atoms. The molecular formula is C16H18BrFN2O. The van der Waals surface area contributed by atoms with E-state index in [1.54, 1.807) is 6.20 Å². The lowest BCUT2D eigenvalue weighted by Gasteiger charge is -2.43. The van der Waals surface area contributed by atoms with Crippen LogP contribution in [0.4, 0.5) is 10.1 Å². The van der Waals surface area contributed by atoms with Gasteiger partial charge in [-0.3, -0.25) is 4.98 Å². The standard InChI is InChI=1S/C16H18BrFN2O/c1-16(2)9-20(6-4-14(16)21)13-3-5-19-15-11(13)7-10(18)8-12(15)17/h3,5,7-8,14,21H,4,6,9H2,1-2H3. The van der Waals surface area contributed by atoms with Crippen LogP contribution in [-0.4, -0.2) is 29.3 Å². The van der Waals surface area contributed by atoms with Gasteiger partial charge in [0.25, 0.3) is 0 Å². The average molecular weight is 353 g/mol. The van der Waals surface area contributed by atoms with Crippen molar-refractivity contribution in [1.82, 2.24) is 4.98 Å². The van der Waals surface area contributed by atoms with Crippen LogP contribution in [0.5, 0.6) is 0 Å². The Labute approximate surface area is 131 Å². The summed E-state index contributed by atoms with van der Waals surface area (Å²) in [4.78, 5) is 6.55. The fourth-order valence-corrected chi connectivity index (χ4v) is 3.53. The molecule has 2 aromatic rings. The van der Waals surface area contributed by atoms with Crippen LogP contribution in [-0.2, 0) is 0 Å². The van der Waals surface area contributed by atoms with Crippen molar-refractivity contribution in [2.24, 2.45) is 5.41 Å². The summed E-state index contributed by atoms with van der Waals surface area (Å²) in [7, 11) is 0. The fourth-order valence-electron chi connectivity index (χ4n) is 2.99. The Morgan fingerprint density at radius 3 is 2.90 bits per heavy atom. The summed E-state index contributed by atoms with van der Waals surface area (Å²) in [6, 6.07) is 4.88. The van der Waals surface area contributed by atoms with Gasteiger partial charge in [0.05, 0.1) is 11.6 Å². The van der Waals surface area contributed by atoms with E-state index < -0.39 is 0 Å². The normalized spacial score (nSPS) is 21.8. The number of hydrogen-bond acceptors (Lipinski definition) is 3. The topological polar surface area (TPSA) is 36.4 Å². The van der Waals surface area contributed by atoms with Crippen molar-refractivity contribution in [3.05, 3.63) is 34.7 Å². The van der Waals surface area contributed by atoms with E-state index in [-0.39, 0.29) is 17.3 Å². The molecule has 0 saturated carbocycles. The van der Waals surface area contributed by atoms with E-state index in [1.165, 1.54) is 12.1 Å². The molecule has 3 rings (SSSR count). The molecule has 1 aromatic heterocycles. The molecule has 3 nitrogen and oxygen atoms in total. The fraction of sp³-hybridized carbons (Fsp3) is 0.438. The lowest BCUT2D eigenvalue weighted by molar-refractivity contribution is 0.0337. The predicted molar refractivity (Wildman–Crippen MR) is 86.0 cm³/mol. The second-order valence-corrected chi connectivity index (χ2v) is 7.18. The first-order chi connectivity index (χ1) is 9.88. The van der Waals surface area contributed by atoms with Crippen molar-refractivity contribution in [2.75, 3.05) is 18.0 Å². The Bertz CT molecular complexity index is 689. The zero-order valence-corrected chi connectivity index (χ0v) is 13.7. The van der Waals surface area contributed by atoms with E-state index in [0.717, 1.165) is 29.7 Å². The zero-order chi connectivity index (χ0) is 15.2. The first-order valence-corrected chi connectivity index (χ1v) is 7.84. The van der Waals surface area contributed by atoms with Gasteiger partial charge in [-0.15, -0.1) is 0 Å². The molecule has 1 aliphatic rings. The van der Waals surface area contributed by atoms with Gasteiger partial charge in [-0.2, -0.15) is 0 Å². The van der Waals surface area contributed by atoms with Crippen molar-refractivity contribution >= 4 is 32.5 Å². The zero-order valence-electron chi connectivity index (χ0n) is 12.1. The molecule has 2 heterocycles. The molecule has 1 unspecified atom stereocenters. The number of aliphatic hydroxyl groups excluding tert-OH is 1. The molecule has 1 aliphatic heterocycles. The van der Waals surface area contributed by atoms with Crippen LogP contribution in [0.25, 0.3) is 10.9 Å². The number of anilines is 1. The molecule has 5 heteroatoms. The molecule has 0 spiro atoms. The maximum Gasteiger partial charge on any atom is 0.125 e. The van der Waals surface area contributed by atoms with Gasteiger partial charge in [0, 0.05) is 40.2 Å². The lowest BCUT2D eigenvalue weighted by Crippen LogP contribution is -2.48. The van der Waals surface area contributed by atoms with Gasteiger partial charge in [0.15, 0.2) is 0 Å². The predicted octanol–water partition coefficient (Wildman–Crippen LogP) is 3.73. The van der Waals surface area contributed by atoms with Crippen LogP contribution in [0.3, 0.4) is 0 Å². The molecular weight excluding hydrogens is 335 g/mol. The molecule has 1 N–H and O–H groups in total. The number of pyridine rings is 1. The monoisotopic (exact) mass is 352 g/mol. The molecule has 112 valence electrons. The van der Waals surface area contributed by atoms with Crippen LogP contribution in [0.15, 0.2) is 28.9 Å².